The first kappa shape index (κ1) is 29.5. The molecule has 1 amide bonds. The number of carbonyl (C=O) groups excluding carboxylic acids is 1. The van der Waals surface area contributed by atoms with Crippen LogP contribution in [0.1, 0.15) is 35.4 Å². The fraction of sp³-hybridized carbons (Fsp3) is 0.281. The summed E-state index contributed by atoms with van der Waals surface area (Å²) in [5.41, 5.74) is 3.58. The molecule has 1 aliphatic rings. The minimum atomic E-state index is -0.324. The van der Waals surface area contributed by atoms with Crippen LogP contribution in [-0.4, -0.2) is 46.9 Å². The zero-order valence-electron chi connectivity index (χ0n) is 23.7. The number of aromatic nitrogens is 1. The van der Waals surface area contributed by atoms with Crippen molar-refractivity contribution < 1.29 is 13.9 Å². The van der Waals surface area contributed by atoms with Gasteiger partial charge >= 0.3 is 0 Å². The van der Waals surface area contributed by atoms with Gasteiger partial charge in [-0.2, -0.15) is 5.26 Å². The van der Waals surface area contributed by atoms with Gasteiger partial charge in [0.2, 0.25) is 5.91 Å². The lowest BCUT2D eigenvalue weighted by Gasteiger charge is -2.26. The minimum Gasteiger partial charge on any atom is -0.487 e. The van der Waals surface area contributed by atoms with Crippen molar-refractivity contribution in [3.8, 4) is 11.8 Å². The van der Waals surface area contributed by atoms with E-state index in [0.717, 1.165) is 20.7 Å². The second-order valence-corrected chi connectivity index (χ2v) is 12.0. The van der Waals surface area contributed by atoms with E-state index >= 15 is 0 Å². The number of thiophene rings is 1. The normalized spacial score (nSPS) is 13.1. The molecule has 5 rings (SSSR count). The van der Waals surface area contributed by atoms with Crippen LogP contribution in [0.25, 0.3) is 10.2 Å². The lowest BCUT2D eigenvalue weighted by atomic mass is 10.0. The van der Waals surface area contributed by atoms with Gasteiger partial charge in [-0.15, -0.1) is 11.3 Å². The zero-order chi connectivity index (χ0) is 29.8. The number of benzene rings is 2. The van der Waals surface area contributed by atoms with Gasteiger partial charge in [0.1, 0.15) is 29.1 Å². The second-order valence-electron chi connectivity index (χ2n) is 10.5. The molecule has 0 saturated heterocycles. The van der Waals surface area contributed by atoms with E-state index in [1.165, 1.54) is 12.1 Å². The minimum absolute atomic E-state index is 0.00590. The topological polar surface area (TPSA) is 81.5 Å². The summed E-state index contributed by atoms with van der Waals surface area (Å²) < 4.78 is 19.3. The van der Waals surface area contributed by atoms with Crippen LogP contribution in [0, 0.1) is 17.1 Å². The highest BCUT2D eigenvalue weighted by Crippen LogP contribution is 2.41. The third kappa shape index (κ3) is 6.57. The summed E-state index contributed by atoms with van der Waals surface area (Å²) in [6.45, 7) is 6.22. The predicted octanol–water partition coefficient (Wildman–Crippen LogP) is 7.06. The van der Waals surface area contributed by atoms with Crippen molar-refractivity contribution in [1.29, 1.82) is 5.26 Å². The molecule has 1 N–H and O–H groups in total. The smallest absolute Gasteiger partial charge is 0.246 e. The number of nitrogens with one attached hydrogen (secondary N) is 1. The number of carbonyl (C=O) groups is 1. The van der Waals surface area contributed by atoms with E-state index in [0.29, 0.717) is 65.4 Å². The summed E-state index contributed by atoms with van der Waals surface area (Å²) in [5, 5.41) is 14.6. The summed E-state index contributed by atoms with van der Waals surface area (Å²) >= 11 is 8.08. The van der Waals surface area contributed by atoms with Crippen LogP contribution in [-0.2, 0) is 24.4 Å². The average molecular weight is 604 g/mol. The summed E-state index contributed by atoms with van der Waals surface area (Å²) in [6, 6.07) is 14.2. The van der Waals surface area contributed by atoms with Gasteiger partial charge in [-0.05, 0) is 68.8 Å². The lowest BCUT2D eigenvalue weighted by Crippen LogP contribution is -2.34. The van der Waals surface area contributed by atoms with E-state index in [9.17, 15) is 14.4 Å². The van der Waals surface area contributed by atoms with Gasteiger partial charge in [0.15, 0.2) is 0 Å². The molecule has 0 fully saturated rings. The van der Waals surface area contributed by atoms with Crippen molar-refractivity contribution in [2.75, 3.05) is 25.5 Å². The van der Waals surface area contributed by atoms with Crippen LogP contribution in [0.2, 0.25) is 5.02 Å². The van der Waals surface area contributed by atoms with Crippen molar-refractivity contribution in [2.45, 2.75) is 39.5 Å². The summed E-state index contributed by atoms with van der Waals surface area (Å²) in [7, 11) is 2.03. The third-order valence-corrected chi connectivity index (χ3v) is 8.74. The van der Waals surface area contributed by atoms with Gasteiger partial charge in [0, 0.05) is 47.4 Å². The van der Waals surface area contributed by atoms with Crippen LogP contribution in [0.3, 0.4) is 0 Å². The SMILES string of the molecule is CC(C)N(C)CC=CC(=O)N1CCc2c(sc3ncc(C#N)c(Nc4ccc(OCc5cccc(F)c5)c(Cl)c4)c23)C1. The van der Waals surface area contributed by atoms with Crippen molar-refractivity contribution in [1.82, 2.24) is 14.8 Å². The number of fused-ring (bicyclic) bond motifs is 3. The largest absolute Gasteiger partial charge is 0.487 e. The average Bonchev–Trinajstić information content (AvgIpc) is 3.35. The molecule has 0 bridgehead atoms. The Morgan fingerprint density at radius 3 is 2.90 bits per heavy atom. The molecule has 2 aromatic carbocycles. The van der Waals surface area contributed by atoms with Crippen LogP contribution < -0.4 is 10.1 Å². The summed E-state index contributed by atoms with van der Waals surface area (Å²) in [4.78, 5) is 23.4. The van der Waals surface area contributed by atoms with Crippen molar-refractivity contribution in [3.05, 3.63) is 93.2 Å². The Labute approximate surface area is 253 Å². The maximum Gasteiger partial charge on any atom is 0.246 e. The number of likely N-dealkylation sites (N-methyl/N-ethyl adjacent to an activating group) is 1. The Morgan fingerprint density at radius 2 is 2.17 bits per heavy atom. The number of amides is 1. The molecule has 10 heteroatoms. The number of nitrogens with zero attached hydrogens (tertiary/aromatic N) is 4. The van der Waals surface area contributed by atoms with E-state index < -0.39 is 0 Å². The molecule has 216 valence electrons. The Hall–Kier alpha value is -3.97. The summed E-state index contributed by atoms with van der Waals surface area (Å²) in [5.74, 6) is 0.138. The van der Waals surface area contributed by atoms with E-state index in [1.807, 2.05) is 24.1 Å². The van der Waals surface area contributed by atoms with Crippen molar-refractivity contribution in [3.63, 3.8) is 0 Å². The van der Waals surface area contributed by atoms with Gasteiger partial charge in [-0.1, -0.05) is 29.8 Å². The van der Waals surface area contributed by atoms with Gasteiger partial charge < -0.3 is 19.9 Å². The molecule has 2 aromatic heterocycles. The van der Waals surface area contributed by atoms with Gasteiger partial charge in [0.05, 0.1) is 22.8 Å². The molecular formula is C32H31ClFN5O2S. The van der Waals surface area contributed by atoms with Crippen molar-refractivity contribution >= 4 is 50.4 Å². The van der Waals surface area contributed by atoms with Crippen LogP contribution in [0.5, 0.6) is 5.75 Å². The van der Waals surface area contributed by atoms with Gasteiger partial charge in [-0.25, -0.2) is 9.37 Å². The first-order valence-electron chi connectivity index (χ1n) is 13.7. The van der Waals surface area contributed by atoms with Crippen LogP contribution in [0.4, 0.5) is 15.8 Å². The number of hydrogen-bond acceptors (Lipinski definition) is 7. The Morgan fingerprint density at radius 1 is 1.33 bits per heavy atom. The molecule has 1 aliphatic heterocycles. The molecule has 7 nitrogen and oxygen atoms in total. The predicted molar refractivity (Wildman–Crippen MR) is 166 cm³/mol. The first-order valence-corrected chi connectivity index (χ1v) is 14.9. The molecule has 0 unspecified atom stereocenters. The molecule has 4 aromatic rings. The molecular weight excluding hydrogens is 573 g/mol. The fourth-order valence-corrected chi connectivity index (χ4v) is 6.18. The van der Waals surface area contributed by atoms with E-state index in [4.69, 9.17) is 16.3 Å². The molecule has 42 heavy (non-hydrogen) atoms. The maximum atomic E-state index is 13.5. The molecule has 0 aliphatic carbocycles. The zero-order valence-corrected chi connectivity index (χ0v) is 25.2. The van der Waals surface area contributed by atoms with Crippen LogP contribution >= 0.6 is 22.9 Å². The van der Waals surface area contributed by atoms with E-state index in [1.54, 1.807) is 47.9 Å². The highest BCUT2D eigenvalue weighted by Gasteiger charge is 2.26. The molecule has 3 heterocycles. The number of rotatable bonds is 9. The number of halogens is 2. The second kappa shape index (κ2) is 12.9. The summed E-state index contributed by atoms with van der Waals surface area (Å²) in [6.07, 6.45) is 5.81. The van der Waals surface area contributed by atoms with Gasteiger partial charge in [0.25, 0.3) is 0 Å². The number of hydrogen-bond donors (Lipinski definition) is 1. The Bertz CT molecular complexity index is 1700. The fourth-order valence-electron chi connectivity index (χ4n) is 4.73. The number of nitriles is 1. The molecule has 0 saturated carbocycles. The molecule has 0 spiro atoms. The first-order chi connectivity index (χ1) is 20.2. The Kier molecular flexibility index (Phi) is 9.07. The van der Waals surface area contributed by atoms with Crippen molar-refractivity contribution in [2.24, 2.45) is 0 Å². The number of pyridine rings is 1. The quantitative estimate of drug-likeness (QED) is 0.206. The highest BCUT2D eigenvalue weighted by atomic mass is 35.5. The maximum absolute atomic E-state index is 13.5. The lowest BCUT2D eigenvalue weighted by molar-refractivity contribution is -0.126. The standard InChI is InChI=1S/C32H31ClFN5O2S/c1-20(2)38(3)12-5-8-29(40)39-13-11-25-28(18-39)42-32-30(25)31(22(16-35)17-36-32)37-24-9-10-27(26(33)15-24)41-19-21-6-4-7-23(34)14-21/h4-10,14-15,17,20H,11-13,18-19H2,1-3H3,(H,36,37). The number of anilines is 2. The van der Waals surface area contributed by atoms with E-state index in [-0.39, 0.29) is 18.3 Å². The highest BCUT2D eigenvalue weighted by molar-refractivity contribution is 7.19. The van der Waals surface area contributed by atoms with Crippen LogP contribution in [0.15, 0.2) is 60.8 Å². The molecule has 0 radical (unpaired) electrons. The molecule has 0 atom stereocenters. The monoisotopic (exact) mass is 603 g/mol. The Balaban J connectivity index is 1.35. The van der Waals surface area contributed by atoms with Gasteiger partial charge in [-0.3, -0.25) is 4.79 Å². The third-order valence-electron chi connectivity index (χ3n) is 7.32. The number of ether oxygens (including phenoxy) is 1. The van der Waals surface area contributed by atoms with E-state index in [2.05, 4.69) is 35.1 Å².